The molecule has 0 spiro atoms. The van der Waals surface area contributed by atoms with Crippen molar-refractivity contribution in [2.45, 2.75) is 6.42 Å². The molecule has 0 fully saturated rings. The zero-order chi connectivity index (χ0) is 15.8. The number of pyridine rings is 1. The van der Waals surface area contributed by atoms with Crippen LogP contribution in [0.1, 0.15) is 26.6 Å². The fourth-order valence-electron chi connectivity index (χ4n) is 2.74. The Kier molecular flexibility index (Phi) is 3.08. The van der Waals surface area contributed by atoms with Gasteiger partial charge in [-0.1, -0.05) is 0 Å². The standard InChI is InChI=1S/C17H13N3O3/c21-9-11-1-2-16(23-11)15-7-10(3-5-18-15)14-8-12-13(20-14)4-6-19-17(12)22/h1-3,5,7-9,20H,4,6H2,(H,19,22). The van der Waals surface area contributed by atoms with Gasteiger partial charge in [0.1, 0.15) is 5.69 Å². The minimum atomic E-state index is -0.0512. The molecule has 3 aromatic heterocycles. The topological polar surface area (TPSA) is 88.0 Å². The molecular formula is C17H13N3O3. The zero-order valence-corrected chi connectivity index (χ0v) is 12.1. The lowest BCUT2D eigenvalue weighted by Crippen LogP contribution is -2.31. The van der Waals surface area contributed by atoms with E-state index in [1.54, 1.807) is 18.3 Å². The predicted molar refractivity (Wildman–Crippen MR) is 83.2 cm³/mol. The van der Waals surface area contributed by atoms with Crippen molar-refractivity contribution in [1.29, 1.82) is 0 Å². The summed E-state index contributed by atoms with van der Waals surface area (Å²) >= 11 is 0. The van der Waals surface area contributed by atoms with Crippen molar-refractivity contribution in [3.63, 3.8) is 0 Å². The maximum atomic E-state index is 11.9. The highest BCUT2D eigenvalue weighted by Crippen LogP contribution is 2.27. The second kappa shape index (κ2) is 5.24. The Hall–Kier alpha value is -3.15. The van der Waals surface area contributed by atoms with Gasteiger partial charge in [-0.15, -0.1) is 0 Å². The molecule has 3 aromatic rings. The molecule has 114 valence electrons. The van der Waals surface area contributed by atoms with Gasteiger partial charge >= 0.3 is 0 Å². The first kappa shape index (κ1) is 13.5. The van der Waals surface area contributed by atoms with E-state index in [9.17, 15) is 9.59 Å². The van der Waals surface area contributed by atoms with E-state index in [0.29, 0.717) is 29.8 Å². The molecule has 1 aliphatic heterocycles. The number of fused-ring (bicyclic) bond motifs is 1. The van der Waals surface area contributed by atoms with Crippen LogP contribution >= 0.6 is 0 Å². The van der Waals surface area contributed by atoms with Crippen LogP contribution < -0.4 is 5.32 Å². The van der Waals surface area contributed by atoms with E-state index in [1.165, 1.54) is 0 Å². The van der Waals surface area contributed by atoms with Crippen molar-refractivity contribution >= 4 is 12.2 Å². The summed E-state index contributed by atoms with van der Waals surface area (Å²) < 4.78 is 5.40. The molecule has 2 N–H and O–H groups in total. The summed E-state index contributed by atoms with van der Waals surface area (Å²) in [5, 5.41) is 2.83. The number of rotatable bonds is 3. The Bertz CT molecular complexity index is 907. The Balaban J connectivity index is 1.74. The summed E-state index contributed by atoms with van der Waals surface area (Å²) in [6, 6.07) is 8.89. The SMILES string of the molecule is O=Cc1ccc(-c2cc(-c3cc4c([nH]3)CCNC4=O)ccn2)o1. The number of hydrogen-bond donors (Lipinski definition) is 2. The smallest absolute Gasteiger partial charge is 0.253 e. The summed E-state index contributed by atoms with van der Waals surface area (Å²) in [6.45, 7) is 0.647. The van der Waals surface area contributed by atoms with Gasteiger partial charge in [0.25, 0.3) is 5.91 Å². The van der Waals surface area contributed by atoms with Gasteiger partial charge in [0.15, 0.2) is 17.8 Å². The number of aromatic nitrogens is 2. The van der Waals surface area contributed by atoms with Gasteiger partial charge in [-0.05, 0) is 30.3 Å². The minimum absolute atomic E-state index is 0.0512. The molecule has 0 atom stereocenters. The molecule has 0 saturated carbocycles. The second-order valence-electron chi connectivity index (χ2n) is 5.33. The number of hydrogen-bond acceptors (Lipinski definition) is 4. The van der Waals surface area contributed by atoms with Crippen LogP contribution in [0.15, 0.2) is 40.9 Å². The molecule has 4 heterocycles. The van der Waals surface area contributed by atoms with Crippen molar-refractivity contribution in [3.8, 4) is 22.7 Å². The number of H-pyrrole nitrogens is 1. The summed E-state index contributed by atoms with van der Waals surface area (Å²) in [5.74, 6) is 0.743. The average Bonchev–Trinajstić information content (AvgIpc) is 3.22. The summed E-state index contributed by atoms with van der Waals surface area (Å²) in [4.78, 5) is 30.2. The number of nitrogens with one attached hydrogen (secondary N) is 2. The fraction of sp³-hybridized carbons (Fsp3) is 0.118. The Morgan fingerprint density at radius 2 is 2.13 bits per heavy atom. The lowest BCUT2D eigenvalue weighted by Gasteiger charge is -2.10. The summed E-state index contributed by atoms with van der Waals surface area (Å²) in [6.07, 6.45) is 3.12. The van der Waals surface area contributed by atoms with Crippen LogP contribution in [0.5, 0.6) is 0 Å². The van der Waals surface area contributed by atoms with Crippen LogP contribution in [0.4, 0.5) is 0 Å². The third-order valence-electron chi connectivity index (χ3n) is 3.87. The molecule has 0 aromatic carbocycles. The van der Waals surface area contributed by atoms with Crippen molar-refractivity contribution < 1.29 is 14.0 Å². The van der Waals surface area contributed by atoms with Crippen molar-refractivity contribution in [3.05, 3.63) is 53.5 Å². The average molecular weight is 307 g/mol. The van der Waals surface area contributed by atoms with Gasteiger partial charge < -0.3 is 14.7 Å². The molecule has 23 heavy (non-hydrogen) atoms. The maximum absolute atomic E-state index is 11.9. The highest BCUT2D eigenvalue weighted by molar-refractivity contribution is 5.97. The van der Waals surface area contributed by atoms with Crippen molar-refractivity contribution in [1.82, 2.24) is 15.3 Å². The first-order valence-electron chi connectivity index (χ1n) is 7.26. The second-order valence-corrected chi connectivity index (χ2v) is 5.33. The van der Waals surface area contributed by atoms with Gasteiger partial charge in [0.05, 0.1) is 5.56 Å². The lowest BCUT2D eigenvalue weighted by atomic mass is 10.1. The van der Waals surface area contributed by atoms with E-state index >= 15 is 0 Å². The molecule has 6 heteroatoms. The molecule has 0 radical (unpaired) electrons. The van der Waals surface area contributed by atoms with Gasteiger partial charge in [0.2, 0.25) is 0 Å². The van der Waals surface area contributed by atoms with Crippen molar-refractivity contribution in [2.75, 3.05) is 6.54 Å². The van der Waals surface area contributed by atoms with Crippen LogP contribution in [0.25, 0.3) is 22.7 Å². The Labute approximate surface area is 131 Å². The normalized spacial score (nSPS) is 13.5. The quantitative estimate of drug-likeness (QED) is 0.727. The highest BCUT2D eigenvalue weighted by atomic mass is 16.3. The third-order valence-corrected chi connectivity index (χ3v) is 3.87. The highest BCUT2D eigenvalue weighted by Gasteiger charge is 2.20. The van der Waals surface area contributed by atoms with E-state index in [-0.39, 0.29) is 11.7 Å². The summed E-state index contributed by atoms with van der Waals surface area (Å²) in [5.41, 5.74) is 4.03. The number of nitrogens with zero attached hydrogens (tertiary/aromatic N) is 1. The molecule has 4 rings (SSSR count). The number of carbonyl (C=O) groups excluding carboxylic acids is 2. The van der Waals surface area contributed by atoms with E-state index in [4.69, 9.17) is 4.42 Å². The van der Waals surface area contributed by atoms with E-state index in [0.717, 1.165) is 23.4 Å². The third kappa shape index (κ3) is 2.34. The molecule has 0 aliphatic carbocycles. The Morgan fingerprint density at radius 1 is 1.22 bits per heavy atom. The van der Waals surface area contributed by atoms with Crippen LogP contribution in [0, 0.1) is 0 Å². The number of carbonyl (C=O) groups is 2. The number of amides is 1. The van der Waals surface area contributed by atoms with Gasteiger partial charge in [-0.25, -0.2) is 0 Å². The first-order valence-corrected chi connectivity index (χ1v) is 7.26. The zero-order valence-electron chi connectivity index (χ0n) is 12.1. The lowest BCUT2D eigenvalue weighted by molar-refractivity contribution is 0.0945. The molecule has 0 unspecified atom stereocenters. The largest absolute Gasteiger partial charge is 0.452 e. The Morgan fingerprint density at radius 3 is 2.91 bits per heavy atom. The maximum Gasteiger partial charge on any atom is 0.253 e. The fourth-order valence-corrected chi connectivity index (χ4v) is 2.74. The van der Waals surface area contributed by atoms with Crippen LogP contribution in [0.2, 0.25) is 0 Å². The molecule has 6 nitrogen and oxygen atoms in total. The van der Waals surface area contributed by atoms with Gasteiger partial charge in [0, 0.05) is 36.1 Å². The van der Waals surface area contributed by atoms with Crippen LogP contribution in [-0.2, 0) is 6.42 Å². The van der Waals surface area contributed by atoms with E-state index in [2.05, 4.69) is 15.3 Å². The molecule has 1 aliphatic rings. The van der Waals surface area contributed by atoms with E-state index in [1.807, 2.05) is 18.2 Å². The number of aldehydes is 1. The number of aromatic amines is 1. The predicted octanol–water partition coefficient (Wildman–Crippen LogP) is 2.44. The van der Waals surface area contributed by atoms with E-state index < -0.39 is 0 Å². The van der Waals surface area contributed by atoms with Gasteiger partial charge in [-0.2, -0.15) is 0 Å². The first-order chi connectivity index (χ1) is 11.2. The molecule has 0 saturated heterocycles. The van der Waals surface area contributed by atoms with Gasteiger partial charge in [-0.3, -0.25) is 14.6 Å². The monoisotopic (exact) mass is 307 g/mol. The minimum Gasteiger partial charge on any atom is -0.452 e. The summed E-state index contributed by atoms with van der Waals surface area (Å²) in [7, 11) is 0. The molecule has 0 bridgehead atoms. The molecule has 1 amide bonds. The molecular weight excluding hydrogens is 294 g/mol. The van der Waals surface area contributed by atoms with Crippen LogP contribution in [-0.4, -0.2) is 28.7 Å². The van der Waals surface area contributed by atoms with Crippen LogP contribution in [0.3, 0.4) is 0 Å². The number of furan rings is 1. The van der Waals surface area contributed by atoms with Crippen molar-refractivity contribution in [2.24, 2.45) is 0 Å².